The van der Waals surface area contributed by atoms with Crippen LogP contribution in [0.25, 0.3) is 11.3 Å². The molecule has 0 atom stereocenters. The molecule has 0 spiro atoms. The molecule has 0 radical (unpaired) electrons. The van der Waals surface area contributed by atoms with E-state index in [1.54, 1.807) is 6.07 Å². The van der Waals surface area contributed by atoms with Gasteiger partial charge < -0.3 is 15.0 Å². The van der Waals surface area contributed by atoms with Crippen LogP contribution in [0.4, 0.5) is 5.82 Å². The molecule has 4 heteroatoms. The van der Waals surface area contributed by atoms with E-state index in [-0.39, 0.29) is 0 Å². The molecular formula is C13H14N2O2. The highest BCUT2D eigenvalue weighted by Crippen LogP contribution is 2.30. The van der Waals surface area contributed by atoms with Crippen LogP contribution in [0.15, 0.2) is 47.0 Å². The summed E-state index contributed by atoms with van der Waals surface area (Å²) in [6.45, 7) is 6.18. The van der Waals surface area contributed by atoms with Crippen molar-refractivity contribution in [1.82, 2.24) is 5.16 Å². The Morgan fingerprint density at radius 2 is 2.24 bits per heavy atom. The van der Waals surface area contributed by atoms with Gasteiger partial charge in [0.05, 0.1) is 5.56 Å². The molecule has 0 unspecified atom stereocenters. The third kappa shape index (κ3) is 2.66. The monoisotopic (exact) mass is 230 g/mol. The summed E-state index contributed by atoms with van der Waals surface area (Å²) < 4.78 is 10.8. The molecule has 2 N–H and O–H groups in total. The van der Waals surface area contributed by atoms with Crippen molar-refractivity contribution in [3.63, 3.8) is 0 Å². The topological polar surface area (TPSA) is 61.3 Å². The van der Waals surface area contributed by atoms with Crippen molar-refractivity contribution >= 4 is 5.82 Å². The average molecular weight is 230 g/mol. The van der Waals surface area contributed by atoms with Gasteiger partial charge in [0.1, 0.15) is 12.4 Å². The lowest BCUT2D eigenvalue weighted by atomic mass is 10.1. The summed E-state index contributed by atoms with van der Waals surface area (Å²) in [5, 5.41) is 3.66. The Morgan fingerprint density at radius 3 is 2.88 bits per heavy atom. The predicted octanol–water partition coefficient (Wildman–Crippen LogP) is 2.88. The first-order valence-corrected chi connectivity index (χ1v) is 5.25. The summed E-state index contributed by atoms with van der Waals surface area (Å²) in [6, 6.07) is 9.24. The fraction of sp³-hybridized carbons (Fsp3) is 0.154. The zero-order valence-electron chi connectivity index (χ0n) is 9.64. The second-order valence-electron chi connectivity index (χ2n) is 3.86. The van der Waals surface area contributed by atoms with Crippen LogP contribution in [0.2, 0.25) is 0 Å². The van der Waals surface area contributed by atoms with E-state index in [9.17, 15) is 0 Å². The number of nitrogens with two attached hydrogens (primary N) is 1. The number of anilines is 1. The number of hydrogen-bond acceptors (Lipinski definition) is 4. The van der Waals surface area contributed by atoms with Crippen molar-refractivity contribution in [2.24, 2.45) is 0 Å². The maximum Gasteiger partial charge on any atom is 0.172 e. The number of nitrogens with zero attached hydrogens (tertiary/aromatic N) is 1. The molecule has 2 aromatic rings. The maximum absolute atomic E-state index is 5.63. The highest BCUT2D eigenvalue weighted by atomic mass is 16.5. The van der Waals surface area contributed by atoms with E-state index in [0.717, 1.165) is 16.9 Å². The van der Waals surface area contributed by atoms with Crippen LogP contribution in [-0.4, -0.2) is 11.8 Å². The summed E-state index contributed by atoms with van der Waals surface area (Å²) >= 11 is 0. The summed E-state index contributed by atoms with van der Waals surface area (Å²) in [5.74, 6) is 1.68. The number of para-hydroxylation sites is 1. The van der Waals surface area contributed by atoms with Gasteiger partial charge >= 0.3 is 0 Å². The molecule has 0 amide bonds. The average Bonchev–Trinajstić information content (AvgIpc) is 2.73. The molecule has 1 aromatic heterocycles. The van der Waals surface area contributed by atoms with E-state index in [1.807, 2.05) is 31.2 Å². The highest BCUT2D eigenvalue weighted by molar-refractivity contribution is 5.67. The number of hydrogen-bond donors (Lipinski definition) is 1. The third-order valence-corrected chi connectivity index (χ3v) is 2.15. The van der Waals surface area contributed by atoms with Gasteiger partial charge in [0.2, 0.25) is 0 Å². The van der Waals surface area contributed by atoms with Crippen molar-refractivity contribution in [2.45, 2.75) is 6.92 Å². The van der Waals surface area contributed by atoms with Gasteiger partial charge in [-0.1, -0.05) is 23.9 Å². The molecule has 0 bridgehead atoms. The van der Waals surface area contributed by atoms with Gasteiger partial charge in [-0.05, 0) is 24.6 Å². The van der Waals surface area contributed by atoms with Crippen molar-refractivity contribution in [3.05, 3.63) is 42.5 Å². The van der Waals surface area contributed by atoms with E-state index in [0.29, 0.717) is 18.2 Å². The van der Waals surface area contributed by atoms with Gasteiger partial charge in [-0.15, -0.1) is 0 Å². The zero-order valence-corrected chi connectivity index (χ0v) is 9.64. The van der Waals surface area contributed by atoms with Gasteiger partial charge in [0, 0.05) is 6.07 Å². The van der Waals surface area contributed by atoms with Crippen LogP contribution < -0.4 is 10.5 Å². The lowest BCUT2D eigenvalue weighted by molar-refractivity contribution is 0.351. The Hall–Kier alpha value is -2.23. The van der Waals surface area contributed by atoms with E-state index >= 15 is 0 Å². The van der Waals surface area contributed by atoms with Crippen LogP contribution >= 0.6 is 0 Å². The number of aromatic nitrogens is 1. The number of rotatable bonds is 4. The molecule has 0 aliphatic heterocycles. The van der Waals surface area contributed by atoms with Gasteiger partial charge in [-0.25, -0.2) is 0 Å². The minimum Gasteiger partial charge on any atom is -0.489 e. The Balaban J connectivity index is 2.30. The largest absolute Gasteiger partial charge is 0.489 e. The maximum atomic E-state index is 5.63. The number of ether oxygens (including phenoxy) is 1. The Morgan fingerprint density at radius 1 is 1.47 bits per heavy atom. The summed E-state index contributed by atoms with van der Waals surface area (Å²) in [7, 11) is 0. The smallest absolute Gasteiger partial charge is 0.172 e. The number of nitrogen functional groups attached to an aromatic ring is 1. The van der Waals surface area contributed by atoms with E-state index in [2.05, 4.69) is 11.7 Å². The van der Waals surface area contributed by atoms with E-state index in [4.69, 9.17) is 15.0 Å². The van der Waals surface area contributed by atoms with Crippen LogP contribution in [0, 0.1) is 0 Å². The first kappa shape index (κ1) is 11.3. The summed E-state index contributed by atoms with van der Waals surface area (Å²) in [6.07, 6.45) is 0. The van der Waals surface area contributed by atoms with Gasteiger partial charge in [-0.2, -0.15) is 0 Å². The first-order chi connectivity index (χ1) is 8.16. The molecule has 2 rings (SSSR count). The van der Waals surface area contributed by atoms with Crippen LogP contribution in [0.5, 0.6) is 5.75 Å². The summed E-state index contributed by atoms with van der Waals surface area (Å²) in [5.41, 5.74) is 7.32. The van der Waals surface area contributed by atoms with Crippen LogP contribution in [-0.2, 0) is 0 Å². The second-order valence-corrected chi connectivity index (χ2v) is 3.86. The molecule has 88 valence electrons. The molecule has 0 fully saturated rings. The lowest BCUT2D eigenvalue weighted by Gasteiger charge is -2.08. The van der Waals surface area contributed by atoms with Gasteiger partial charge in [-0.3, -0.25) is 0 Å². The molecule has 1 aromatic carbocycles. The number of benzene rings is 1. The zero-order chi connectivity index (χ0) is 12.3. The Labute approximate surface area is 99.7 Å². The van der Waals surface area contributed by atoms with E-state index < -0.39 is 0 Å². The molecule has 17 heavy (non-hydrogen) atoms. The van der Waals surface area contributed by atoms with Crippen LogP contribution in [0.3, 0.4) is 0 Å². The summed E-state index contributed by atoms with van der Waals surface area (Å²) in [4.78, 5) is 0. The van der Waals surface area contributed by atoms with Crippen LogP contribution in [0.1, 0.15) is 6.92 Å². The highest BCUT2D eigenvalue weighted by Gasteiger charge is 2.10. The van der Waals surface area contributed by atoms with E-state index in [1.165, 1.54) is 0 Å². The Kier molecular flexibility index (Phi) is 3.14. The van der Waals surface area contributed by atoms with Crippen molar-refractivity contribution < 1.29 is 9.26 Å². The quantitative estimate of drug-likeness (QED) is 0.820. The fourth-order valence-corrected chi connectivity index (χ4v) is 1.41. The molecule has 0 aliphatic carbocycles. The van der Waals surface area contributed by atoms with Crippen molar-refractivity contribution in [2.75, 3.05) is 12.3 Å². The lowest BCUT2D eigenvalue weighted by Crippen LogP contribution is -1.98. The molecule has 1 heterocycles. The molecule has 0 saturated carbocycles. The van der Waals surface area contributed by atoms with Gasteiger partial charge in [0.15, 0.2) is 11.6 Å². The fourth-order valence-electron chi connectivity index (χ4n) is 1.41. The minimum atomic E-state index is 0.356. The second kappa shape index (κ2) is 4.74. The predicted molar refractivity (Wildman–Crippen MR) is 66.7 cm³/mol. The third-order valence-electron chi connectivity index (χ3n) is 2.15. The van der Waals surface area contributed by atoms with Crippen molar-refractivity contribution in [3.8, 4) is 17.1 Å². The minimum absolute atomic E-state index is 0.356. The standard InChI is InChI=1S/C13H14N2O2/c1-9(2)8-16-11-6-4-3-5-10(11)12-7-13(14)15-17-12/h3-7H,1,8H2,2H3,(H2,14,15). The molecule has 4 nitrogen and oxygen atoms in total. The van der Waals surface area contributed by atoms with Crippen molar-refractivity contribution in [1.29, 1.82) is 0 Å². The Bertz CT molecular complexity index is 532. The molecule has 0 aliphatic rings. The normalized spacial score (nSPS) is 10.2. The molecular weight excluding hydrogens is 216 g/mol. The first-order valence-electron chi connectivity index (χ1n) is 5.25. The SMILES string of the molecule is C=C(C)COc1ccccc1-c1cc(N)no1. The molecule has 0 saturated heterocycles. The van der Waals surface area contributed by atoms with Gasteiger partial charge in [0.25, 0.3) is 0 Å².